The zero-order valence-electron chi connectivity index (χ0n) is 18.7. The number of benzene rings is 2. The van der Waals surface area contributed by atoms with Crippen LogP contribution < -0.4 is 5.32 Å². The predicted molar refractivity (Wildman–Crippen MR) is 126 cm³/mol. The van der Waals surface area contributed by atoms with E-state index in [1.807, 2.05) is 0 Å². The second kappa shape index (κ2) is 9.54. The van der Waals surface area contributed by atoms with E-state index in [1.54, 1.807) is 19.1 Å². The van der Waals surface area contributed by atoms with Crippen molar-refractivity contribution in [1.29, 1.82) is 0 Å². The maximum absolute atomic E-state index is 13.0. The number of nitrogens with one attached hydrogen (secondary N) is 1. The molecular weight excluding hydrogens is 462 g/mol. The van der Waals surface area contributed by atoms with Crippen LogP contribution in [-0.2, 0) is 20.0 Å². The molecule has 2 aromatic rings. The minimum atomic E-state index is -3.62. The second-order valence-corrected chi connectivity index (χ2v) is 12.4. The molecule has 0 unspecified atom stereocenters. The third-order valence-electron chi connectivity index (χ3n) is 6.23. The number of sulfonamides is 2. The lowest BCUT2D eigenvalue weighted by atomic mass is 10.1. The van der Waals surface area contributed by atoms with E-state index >= 15 is 0 Å². The summed E-state index contributed by atoms with van der Waals surface area (Å²) in [6.45, 7) is 3.83. The van der Waals surface area contributed by atoms with E-state index in [1.165, 1.54) is 38.9 Å². The molecule has 2 fully saturated rings. The first kappa shape index (κ1) is 23.9. The number of anilines is 1. The van der Waals surface area contributed by atoms with Crippen LogP contribution in [0.25, 0.3) is 0 Å². The standard InChI is InChI=1S/C23H29N3O5S2/c1-18-7-10-21(33(30,31)26-13-3-2-4-14-26)17-22(18)24-23(27)19-8-11-20(12-9-19)32(28,29)25-15-5-6-16-25/h7-12,17H,2-6,13-16H2,1H3,(H,24,27). The average Bonchev–Trinajstić information content (AvgIpc) is 3.37. The molecular formula is C23H29N3O5S2. The fourth-order valence-electron chi connectivity index (χ4n) is 4.20. The van der Waals surface area contributed by atoms with Crippen LogP contribution in [0.3, 0.4) is 0 Å². The largest absolute Gasteiger partial charge is 0.322 e. The summed E-state index contributed by atoms with van der Waals surface area (Å²) in [6.07, 6.45) is 4.42. The summed E-state index contributed by atoms with van der Waals surface area (Å²) in [7, 11) is -7.17. The quantitative estimate of drug-likeness (QED) is 0.668. The molecule has 4 rings (SSSR count). The number of rotatable bonds is 6. The highest BCUT2D eigenvalue weighted by Gasteiger charge is 2.28. The van der Waals surface area contributed by atoms with Crippen molar-refractivity contribution in [3.8, 4) is 0 Å². The van der Waals surface area contributed by atoms with Crippen LogP contribution in [0.15, 0.2) is 52.3 Å². The first-order valence-corrected chi connectivity index (χ1v) is 14.1. The number of carbonyl (C=O) groups is 1. The van der Waals surface area contributed by atoms with Crippen LogP contribution in [0, 0.1) is 6.92 Å². The van der Waals surface area contributed by atoms with Crippen molar-refractivity contribution < 1.29 is 21.6 Å². The average molecular weight is 492 g/mol. The Kier molecular flexibility index (Phi) is 6.90. The maximum atomic E-state index is 13.0. The Bertz CT molecular complexity index is 1230. The Hall–Kier alpha value is -2.27. The van der Waals surface area contributed by atoms with E-state index in [0.717, 1.165) is 37.7 Å². The Balaban J connectivity index is 1.52. The molecule has 0 saturated carbocycles. The molecule has 0 aromatic heterocycles. The monoisotopic (exact) mass is 491 g/mol. The van der Waals surface area contributed by atoms with Gasteiger partial charge in [-0.05, 0) is 74.6 Å². The number of carbonyl (C=O) groups excluding carboxylic acids is 1. The van der Waals surface area contributed by atoms with Crippen LogP contribution in [0.4, 0.5) is 5.69 Å². The molecule has 2 heterocycles. The predicted octanol–water partition coefficient (Wildman–Crippen LogP) is 3.21. The zero-order valence-corrected chi connectivity index (χ0v) is 20.3. The minimum Gasteiger partial charge on any atom is -0.322 e. The fourth-order valence-corrected chi connectivity index (χ4v) is 7.26. The van der Waals surface area contributed by atoms with E-state index in [4.69, 9.17) is 0 Å². The molecule has 2 saturated heterocycles. The van der Waals surface area contributed by atoms with Gasteiger partial charge in [0.15, 0.2) is 0 Å². The van der Waals surface area contributed by atoms with Crippen molar-refractivity contribution in [1.82, 2.24) is 8.61 Å². The van der Waals surface area contributed by atoms with Gasteiger partial charge < -0.3 is 5.32 Å². The molecule has 0 radical (unpaired) electrons. The number of aryl methyl sites for hydroxylation is 1. The summed E-state index contributed by atoms with van der Waals surface area (Å²) < 4.78 is 54.3. The highest BCUT2D eigenvalue weighted by atomic mass is 32.2. The lowest BCUT2D eigenvalue weighted by molar-refractivity contribution is 0.102. The highest BCUT2D eigenvalue weighted by Crippen LogP contribution is 2.26. The van der Waals surface area contributed by atoms with Crippen molar-refractivity contribution >= 4 is 31.6 Å². The molecule has 1 N–H and O–H groups in total. The summed E-state index contributed by atoms with van der Waals surface area (Å²) in [4.78, 5) is 13.1. The smallest absolute Gasteiger partial charge is 0.255 e. The Morgan fingerprint density at radius 2 is 1.21 bits per heavy atom. The van der Waals surface area contributed by atoms with Gasteiger partial charge in [0.25, 0.3) is 5.91 Å². The molecule has 178 valence electrons. The minimum absolute atomic E-state index is 0.150. The SMILES string of the molecule is Cc1ccc(S(=O)(=O)N2CCCCC2)cc1NC(=O)c1ccc(S(=O)(=O)N2CCCC2)cc1. The van der Waals surface area contributed by atoms with Gasteiger partial charge >= 0.3 is 0 Å². The molecule has 1 amide bonds. The van der Waals surface area contributed by atoms with Crippen molar-refractivity contribution in [3.63, 3.8) is 0 Å². The van der Waals surface area contributed by atoms with Gasteiger partial charge in [0.05, 0.1) is 9.79 Å². The fraction of sp³-hybridized carbons (Fsp3) is 0.435. The van der Waals surface area contributed by atoms with Crippen LogP contribution in [0.1, 0.15) is 48.0 Å². The Morgan fingerprint density at radius 1 is 0.727 bits per heavy atom. The van der Waals surface area contributed by atoms with Crippen LogP contribution in [-0.4, -0.2) is 57.5 Å². The van der Waals surface area contributed by atoms with Gasteiger partial charge in [-0.2, -0.15) is 8.61 Å². The van der Waals surface area contributed by atoms with E-state index in [-0.39, 0.29) is 9.79 Å². The summed E-state index contributed by atoms with van der Waals surface area (Å²) in [5.74, 6) is -0.434. The Labute approximate surface area is 195 Å². The first-order chi connectivity index (χ1) is 15.7. The Morgan fingerprint density at radius 3 is 1.79 bits per heavy atom. The summed E-state index contributed by atoms with van der Waals surface area (Å²) in [5.41, 5.74) is 1.43. The first-order valence-electron chi connectivity index (χ1n) is 11.2. The molecule has 2 aromatic carbocycles. The van der Waals surface area contributed by atoms with Crippen molar-refractivity contribution in [2.75, 3.05) is 31.5 Å². The van der Waals surface area contributed by atoms with Crippen LogP contribution >= 0.6 is 0 Å². The third kappa shape index (κ3) is 4.98. The molecule has 10 heteroatoms. The highest BCUT2D eigenvalue weighted by molar-refractivity contribution is 7.89. The summed E-state index contributed by atoms with van der Waals surface area (Å²) >= 11 is 0. The van der Waals surface area contributed by atoms with Crippen LogP contribution in [0.2, 0.25) is 0 Å². The van der Waals surface area contributed by atoms with E-state index in [0.29, 0.717) is 37.4 Å². The molecule has 33 heavy (non-hydrogen) atoms. The van der Waals surface area contributed by atoms with Gasteiger partial charge in [-0.3, -0.25) is 4.79 Å². The number of hydrogen-bond donors (Lipinski definition) is 1. The van der Waals surface area contributed by atoms with E-state index < -0.39 is 26.0 Å². The van der Waals surface area contributed by atoms with Gasteiger partial charge in [0.1, 0.15) is 0 Å². The number of hydrogen-bond acceptors (Lipinski definition) is 5. The lowest BCUT2D eigenvalue weighted by Crippen LogP contribution is -2.35. The zero-order chi connectivity index (χ0) is 23.6. The summed E-state index contributed by atoms with van der Waals surface area (Å²) in [5, 5.41) is 2.77. The van der Waals surface area contributed by atoms with Gasteiger partial charge in [0.2, 0.25) is 20.0 Å². The van der Waals surface area contributed by atoms with Crippen molar-refractivity contribution in [2.24, 2.45) is 0 Å². The van der Waals surface area contributed by atoms with Gasteiger partial charge in [-0.15, -0.1) is 0 Å². The molecule has 0 aliphatic carbocycles. The van der Waals surface area contributed by atoms with Gasteiger partial charge in [-0.25, -0.2) is 16.8 Å². The number of piperidine rings is 1. The molecule has 0 spiro atoms. The molecule has 8 nitrogen and oxygen atoms in total. The van der Waals surface area contributed by atoms with Crippen molar-refractivity contribution in [3.05, 3.63) is 53.6 Å². The van der Waals surface area contributed by atoms with Gasteiger partial charge in [0, 0.05) is 37.4 Å². The van der Waals surface area contributed by atoms with Crippen molar-refractivity contribution in [2.45, 2.75) is 48.8 Å². The van der Waals surface area contributed by atoms with Crippen LogP contribution in [0.5, 0.6) is 0 Å². The normalized spacial score (nSPS) is 18.3. The lowest BCUT2D eigenvalue weighted by Gasteiger charge is -2.26. The maximum Gasteiger partial charge on any atom is 0.255 e. The number of nitrogens with zero attached hydrogens (tertiary/aromatic N) is 2. The topological polar surface area (TPSA) is 104 Å². The van der Waals surface area contributed by atoms with Gasteiger partial charge in [-0.1, -0.05) is 12.5 Å². The molecule has 2 aliphatic heterocycles. The van der Waals surface area contributed by atoms with E-state index in [2.05, 4.69) is 5.32 Å². The second-order valence-electron chi connectivity index (χ2n) is 8.53. The van der Waals surface area contributed by atoms with E-state index in [9.17, 15) is 21.6 Å². The molecule has 2 aliphatic rings. The molecule has 0 atom stereocenters. The molecule has 0 bridgehead atoms. The third-order valence-corrected chi connectivity index (χ3v) is 10.0. The summed E-state index contributed by atoms with van der Waals surface area (Å²) in [6, 6.07) is 10.6. The number of amides is 1.